The number of carbonyl (C=O) groups excluding carboxylic acids is 3. The summed E-state index contributed by atoms with van der Waals surface area (Å²) in [5.74, 6) is -1.09. The fourth-order valence-electron chi connectivity index (χ4n) is 5.29. The van der Waals surface area contributed by atoms with E-state index in [4.69, 9.17) is 9.47 Å². The Morgan fingerprint density at radius 3 is 2.57 bits per heavy atom. The van der Waals surface area contributed by atoms with Gasteiger partial charge in [0.15, 0.2) is 0 Å². The van der Waals surface area contributed by atoms with E-state index in [-0.39, 0.29) is 31.0 Å². The van der Waals surface area contributed by atoms with Gasteiger partial charge in [-0.3, -0.25) is 9.59 Å². The smallest absolute Gasteiger partial charge is 0.337 e. The molecule has 0 unspecified atom stereocenters. The minimum absolute atomic E-state index is 0.0612. The number of fused-ring (bicyclic) bond motifs is 1. The number of methoxy groups -OCH3 is 1. The van der Waals surface area contributed by atoms with E-state index < -0.39 is 12.0 Å². The predicted octanol–water partition coefficient (Wildman–Crippen LogP) is 3.63. The standard InChI is InChI=1S/C32H35N5O5/c1-22-8-3-4-9-23(22)17-18-36(29(38)21-37-28-12-6-5-11-27(28)34-35-37)30(31(39)33-20-26-10-7-19-42-26)24-13-15-25(16-14-24)32(40)41-2/h3-6,8-9,11-16,26,30H,7,10,17-21H2,1-2H3,(H,33,39)/t26-,30+/m1/s1. The molecule has 1 aromatic heterocycles. The number of hydrogen-bond acceptors (Lipinski definition) is 7. The summed E-state index contributed by atoms with van der Waals surface area (Å²) in [4.78, 5) is 41.7. The summed E-state index contributed by atoms with van der Waals surface area (Å²) in [6.45, 7) is 3.24. The topological polar surface area (TPSA) is 116 Å². The summed E-state index contributed by atoms with van der Waals surface area (Å²) in [5, 5.41) is 11.4. The first kappa shape index (κ1) is 28.9. The van der Waals surface area contributed by atoms with Crippen LogP contribution >= 0.6 is 0 Å². The molecule has 1 saturated heterocycles. The lowest BCUT2D eigenvalue weighted by molar-refractivity contribution is -0.141. The monoisotopic (exact) mass is 569 g/mol. The Labute approximate surface area is 244 Å². The van der Waals surface area contributed by atoms with Crippen LogP contribution in [0.1, 0.15) is 45.9 Å². The van der Waals surface area contributed by atoms with Crippen LogP contribution < -0.4 is 5.32 Å². The molecule has 2 heterocycles. The van der Waals surface area contributed by atoms with Gasteiger partial charge in [0.05, 0.1) is 24.3 Å². The first-order valence-electron chi connectivity index (χ1n) is 14.1. The van der Waals surface area contributed by atoms with Gasteiger partial charge >= 0.3 is 5.97 Å². The number of esters is 1. The maximum atomic E-state index is 14.1. The molecule has 5 rings (SSSR count). The first-order valence-corrected chi connectivity index (χ1v) is 14.1. The molecular weight excluding hydrogens is 534 g/mol. The second-order valence-corrected chi connectivity index (χ2v) is 10.4. The van der Waals surface area contributed by atoms with Crippen molar-refractivity contribution in [2.75, 3.05) is 26.8 Å². The van der Waals surface area contributed by atoms with Crippen LogP contribution in [0.2, 0.25) is 0 Å². The van der Waals surface area contributed by atoms with Crippen molar-refractivity contribution in [1.29, 1.82) is 0 Å². The molecule has 0 radical (unpaired) electrons. The minimum Gasteiger partial charge on any atom is -0.465 e. The fourth-order valence-corrected chi connectivity index (χ4v) is 5.29. The van der Waals surface area contributed by atoms with E-state index in [1.165, 1.54) is 7.11 Å². The summed E-state index contributed by atoms with van der Waals surface area (Å²) in [5.41, 5.74) is 4.53. The molecule has 1 aliphatic heterocycles. The normalized spacial score (nSPS) is 15.3. The lowest BCUT2D eigenvalue weighted by Crippen LogP contribution is -2.47. The number of nitrogens with one attached hydrogen (secondary N) is 1. The number of ether oxygens (including phenoxy) is 2. The lowest BCUT2D eigenvalue weighted by atomic mass is 10.00. The molecule has 42 heavy (non-hydrogen) atoms. The second kappa shape index (κ2) is 13.4. The van der Waals surface area contributed by atoms with Gasteiger partial charge in [-0.15, -0.1) is 5.10 Å². The Morgan fingerprint density at radius 1 is 1.07 bits per heavy atom. The van der Waals surface area contributed by atoms with Crippen LogP contribution in [0.15, 0.2) is 72.8 Å². The Morgan fingerprint density at radius 2 is 1.83 bits per heavy atom. The van der Waals surface area contributed by atoms with Crippen LogP contribution in [0.25, 0.3) is 11.0 Å². The zero-order valence-corrected chi connectivity index (χ0v) is 23.9. The van der Waals surface area contributed by atoms with Gasteiger partial charge in [-0.05, 0) is 67.1 Å². The molecule has 3 aromatic carbocycles. The van der Waals surface area contributed by atoms with E-state index in [1.807, 2.05) is 55.5 Å². The van der Waals surface area contributed by atoms with E-state index in [1.54, 1.807) is 33.8 Å². The molecular formula is C32H35N5O5. The molecule has 4 aromatic rings. The fraction of sp³-hybridized carbons (Fsp3) is 0.344. The lowest BCUT2D eigenvalue weighted by Gasteiger charge is -2.32. The molecule has 1 fully saturated rings. The van der Waals surface area contributed by atoms with Crippen molar-refractivity contribution < 1.29 is 23.9 Å². The highest BCUT2D eigenvalue weighted by Crippen LogP contribution is 2.25. The summed E-state index contributed by atoms with van der Waals surface area (Å²) in [6.07, 6.45) is 2.31. The van der Waals surface area contributed by atoms with Gasteiger partial charge in [-0.2, -0.15) is 0 Å². The second-order valence-electron chi connectivity index (χ2n) is 10.4. The number of rotatable bonds is 11. The highest BCUT2D eigenvalue weighted by Gasteiger charge is 2.33. The molecule has 0 saturated carbocycles. The molecule has 218 valence electrons. The minimum atomic E-state index is -0.954. The third-order valence-corrected chi connectivity index (χ3v) is 7.64. The molecule has 0 bridgehead atoms. The van der Waals surface area contributed by atoms with E-state index >= 15 is 0 Å². The van der Waals surface area contributed by atoms with Crippen LogP contribution in [-0.2, 0) is 32.0 Å². The summed E-state index contributed by atoms with van der Waals surface area (Å²) >= 11 is 0. The van der Waals surface area contributed by atoms with Gasteiger partial charge in [-0.1, -0.05) is 53.7 Å². The number of nitrogens with zero attached hydrogens (tertiary/aromatic N) is 4. The molecule has 0 spiro atoms. The quantitative estimate of drug-likeness (QED) is 0.274. The number of aromatic nitrogens is 3. The number of carbonyl (C=O) groups is 3. The van der Waals surface area contributed by atoms with Crippen LogP contribution in [0, 0.1) is 6.92 Å². The van der Waals surface area contributed by atoms with Crippen molar-refractivity contribution in [2.24, 2.45) is 0 Å². The first-order chi connectivity index (χ1) is 20.4. The van der Waals surface area contributed by atoms with Gasteiger partial charge < -0.3 is 19.7 Å². The molecule has 0 aliphatic carbocycles. The third-order valence-electron chi connectivity index (χ3n) is 7.64. The van der Waals surface area contributed by atoms with Crippen molar-refractivity contribution in [1.82, 2.24) is 25.2 Å². The van der Waals surface area contributed by atoms with Crippen molar-refractivity contribution in [3.05, 3.63) is 95.1 Å². The number of aryl methyl sites for hydroxylation is 1. The van der Waals surface area contributed by atoms with Gasteiger partial charge in [0.1, 0.15) is 18.1 Å². The van der Waals surface area contributed by atoms with Crippen molar-refractivity contribution in [3.8, 4) is 0 Å². The molecule has 10 nitrogen and oxygen atoms in total. The van der Waals surface area contributed by atoms with Gasteiger partial charge in [0.25, 0.3) is 0 Å². The Balaban J connectivity index is 1.49. The van der Waals surface area contributed by atoms with E-state index in [0.29, 0.717) is 36.2 Å². The highest BCUT2D eigenvalue weighted by atomic mass is 16.5. The zero-order valence-electron chi connectivity index (χ0n) is 23.9. The van der Waals surface area contributed by atoms with Gasteiger partial charge in [0.2, 0.25) is 11.8 Å². The maximum Gasteiger partial charge on any atom is 0.337 e. The number of benzene rings is 3. The van der Waals surface area contributed by atoms with Crippen molar-refractivity contribution >= 4 is 28.8 Å². The maximum absolute atomic E-state index is 14.1. The van der Waals surface area contributed by atoms with E-state index in [0.717, 1.165) is 29.5 Å². The number of hydrogen-bond donors (Lipinski definition) is 1. The van der Waals surface area contributed by atoms with Crippen LogP contribution in [0.3, 0.4) is 0 Å². The van der Waals surface area contributed by atoms with Crippen molar-refractivity contribution in [2.45, 2.75) is 44.9 Å². The van der Waals surface area contributed by atoms with E-state index in [2.05, 4.69) is 15.6 Å². The van der Waals surface area contributed by atoms with Gasteiger partial charge in [0, 0.05) is 19.7 Å². The SMILES string of the molecule is COC(=O)c1ccc([C@@H](C(=O)NC[C@H]2CCCO2)N(CCc2ccccc2C)C(=O)Cn2nnc3ccccc32)cc1. The van der Waals surface area contributed by atoms with E-state index in [9.17, 15) is 14.4 Å². The highest BCUT2D eigenvalue weighted by molar-refractivity contribution is 5.91. The van der Waals surface area contributed by atoms with Crippen LogP contribution in [0.4, 0.5) is 0 Å². The Bertz CT molecular complexity index is 1540. The average Bonchev–Trinajstić information content (AvgIpc) is 3.69. The average molecular weight is 570 g/mol. The molecule has 1 aliphatic rings. The molecule has 10 heteroatoms. The number of para-hydroxylation sites is 1. The molecule has 2 atom stereocenters. The summed E-state index contributed by atoms with van der Waals surface area (Å²) in [6, 6.07) is 21.1. The Hall–Kier alpha value is -4.57. The van der Waals surface area contributed by atoms with Crippen LogP contribution in [-0.4, -0.2) is 70.6 Å². The molecule has 1 N–H and O–H groups in total. The third kappa shape index (κ3) is 6.66. The zero-order chi connectivity index (χ0) is 29.5. The van der Waals surface area contributed by atoms with Gasteiger partial charge in [-0.25, -0.2) is 9.48 Å². The summed E-state index contributed by atoms with van der Waals surface area (Å²) < 4.78 is 12.1. The van der Waals surface area contributed by atoms with Crippen LogP contribution in [0.5, 0.6) is 0 Å². The number of amides is 2. The molecule has 2 amide bonds. The van der Waals surface area contributed by atoms with Crippen molar-refractivity contribution in [3.63, 3.8) is 0 Å². The largest absolute Gasteiger partial charge is 0.465 e. The Kier molecular flexibility index (Phi) is 9.23. The summed E-state index contributed by atoms with van der Waals surface area (Å²) in [7, 11) is 1.32. The predicted molar refractivity (Wildman–Crippen MR) is 157 cm³/mol.